The van der Waals surface area contributed by atoms with Crippen molar-refractivity contribution < 1.29 is 9.59 Å². The Morgan fingerprint density at radius 1 is 1.60 bits per heavy atom. The van der Waals surface area contributed by atoms with Crippen LogP contribution in [0.3, 0.4) is 0 Å². The number of hydrazine groups is 1. The van der Waals surface area contributed by atoms with Crippen LogP contribution in [0.15, 0.2) is 0 Å². The molecule has 0 spiro atoms. The van der Waals surface area contributed by atoms with E-state index in [1.54, 1.807) is 6.92 Å². The Labute approximate surface area is 58.3 Å². The van der Waals surface area contributed by atoms with Gasteiger partial charge in [-0.05, 0) is 6.92 Å². The van der Waals surface area contributed by atoms with Crippen molar-refractivity contribution in [2.24, 2.45) is 5.84 Å². The normalized spacial score (nSPS) is 19.0. The van der Waals surface area contributed by atoms with Crippen LogP contribution in [-0.2, 0) is 4.79 Å². The maximum atomic E-state index is 10.9. The number of nitrogens with two attached hydrogens (primary N) is 1. The number of urea groups is 1. The molecular formula is C5H9N3O2. The van der Waals surface area contributed by atoms with Crippen molar-refractivity contribution in [2.45, 2.75) is 6.92 Å². The lowest BCUT2D eigenvalue weighted by atomic mass is 10.6. The zero-order valence-corrected chi connectivity index (χ0v) is 5.70. The van der Waals surface area contributed by atoms with E-state index in [4.69, 9.17) is 5.84 Å². The number of rotatable bonds is 1. The predicted molar refractivity (Wildman–Crippen MR) is 33.7 cm³/mol. The summed E-state index contributed by atoms with van der Waals surface area (Å²) < 4.78 is 0. The minimum atomic E-state index is -0.410. The molecule has 1 saturated heterocycles. The molecular weight excluding hydrogens is 134 g/mol. The molecule has 0 aromatic carbocycles. The topological polar surface area (TPSA) is 66.6 Å². The molecule has 1 rings (SSSR count). The van der Waals surface area contributed by atoms with E-state index in [1.807, 2.05) is 0 Å². The third-order valence-electron chi connectivity index (χ3n) is 1.45. The minimum Gasteiger partial charge on any atom is -0.314 e. The van der Waals surface area contributed by atoms with Crippen molar-refractivity contribution in [3.8, 4) is 0 Å². The molecule has 1 fully saturated rings. The summed E-state index contributed by atoms with van der Waals surface area (Å²) in [6.07, 6.45) is 0. The van der Waals surface area contributed by atoms with E-state index < -0.39 is 6.03 Å². The first-order chi connectivity index (χ1) is 4.66. The average molecular weight is 143 g/mol. The summed E-state index contributed by atoms with van der Waals surface area (Å²) in [6, 6.07) is -0.410. The van der Waals surface area contributed by atoms with Gasteiger partial charge in [0.25, 0.3) is 5.91 Å². The summed E-state index contributed by atoms with van der Waals surface area (Å²) in [5.74, 6) is 4.74. The third-order valence-corrected chi connectivity index (χ3v) is 1.45. The molecule has 5 heteroatoms. The number of carbonyl (C=O) groups is 2. The van der Waals surface area contributed by atoms with E-state index in [1.165, 1.54) is 4.90 Å². The van der Waals surface area contributed by atoms with Crippen molar-refractivity contribution in [1.82, 2.24) is 9.91 Å². The molecule has 2 N–H and O–H groups in total. The largest absolute Gasteiger partial charge is 0.341 e. The molecule has 0 aromatic rings. The lowest BCUT2D eigenvalue weighted by molar-refractivity contribution is -0.125. The van der Waals surface area contributed by atoms with E-state index >= 15 is 0 Å². The Bertz CT molecular complexity index is 180. The molecule has 1 aliphatic heterocycles. The molecule has 10 heavy (non-hydrogen) atoms. The second kappa shape index (κ2) is 2.26. The van der Waals surface area contributed by atoms with Crippen molar-refractivity contribution in [2.75, 3.05) is 13.1 Å². The number of amides is 3. The molecule has 0 unspecified atom stereocenters. The van der Waals surface area contributed by atoms with E-state index in [2.05, 4.69) is 0 Å². The Morgan fingerprint density at radius 3 is 2.40 bits per heavy atom. The molecule has 0 atom stereocenters. The molecule has 1 heterocycles. The van der Waals surface area contributed by atoms with Gasteiger partial charge in [-0.2, -0.15) is 5.01 Å². The standard InChI is InChI=1S/C5H9N3O2/c1-2-7-3-4(9)8(6)5(7)10/h2-3,6H2,1H3. The molecule has 5 nitrogen and oxygen atoms in total. The van der Waals surface area contributed by atoms with Crippen LogP contribution in [0.2, 0.25) is 0 Å². The Kier molecular flexibility index (Phi) is 1.58. The highest BCUT2D eigenvalue weighted by molar-refractivity contribution is 6.01. The van der Waals surface area contributed by atoms with Gasteiger partial charge in [0.05, 0.1) is 0 Å². The number of hydrogen-bond acceptors (Lipinski definition) is 3. The fraction of sp³-hybridized carbons (Fsp3) is 0.600. The summed E-state index contributed by atoms with van der Waals surface area (Å²) in [5.41, 5.74) is 0. The van der Waals surface area contributed by atoms with Gasteiger partial charge in [0.1, 0.15) is 6.54 Å². The van der Waals surface area contributed by atoms with Crippen LogP contribution in [0.5, 0.6) is 0 Å². The number of nitrogens with zero attached hydrogens (tertiary/aromatic N) is 2. The summed E-state index contributed by atoms with van der Waals surface area (Å²) >= 11 is 0. The maximum Gasteiger partial charge on any atom is 0.341 e. The van der Waals surface area contributed by atoms with E-state index in [9.17, 15) is 9.59 Å². The summed E-state index contributed by atoms with van der Waals surface area (Å²) in [6.45, 7) is 2.44. The van der Waals surface area contributed by atoms with Gasteiger partial charge < -0.3 is 4.90 Å². The van der Waals surface area contributed by atoms with Crippen LogP contribution in [0.4, 0.5) is 4.79 Å². The maximum absolute atomic E-state index is 10.9. The zero-order chi connectivity index (χ0) is 7.72. The second-order valence-electron chi connectivity index (χ2n) is 2.06. The van der Waals surface area contributed by atoms with Crippen LogP contribution in [0.25, 0.3) is 0 Å². The monoisotopic (exact) mass is 143 g/mol. The van der Waals surface area contributed by atoms with Crippen LogP contribution < -0.4 is 5.84 Å². The average Bonchev–Trinajstić information content (AvgIpc) is 2.17. The summed E-state index contributed by atoms with van der Waals surface area (Å²) in [7, 11) is 0. The first-order valence-corrected chi connectivity index (χ1v) is 3.03. The van der Waals surface area contributed by atoms with Crippen molar-refractivity contribution in [3.05, 3.63) is 0 Å². The van der Waals surface area contributed by atoms with Gasteiger partial charge in [-0.3, -0.25) is 4.79 Å². The van der Waals surface area contributed by atoms with E-state index in [-0.39, 0.29) is 12.5 Å². The van der Waals surface area contributed by atoms with Gasteiger partial charge >= 0.3 is 6.03 Å². The highest BCUT2D eigenvalue weighted by atomic mass is 16.2. The second-order valence-corrected chi connectivity index (χ2v) is 2.06. The predicted octanol–water partition coefficient (Wildman–Crippen LogP) is -0.856. The van der Waals surface area contributed by atoms with Gasteiger partial charge in [-0.15, -0.1) is 0 Å². The van der Waals surface area contributed by atoms with Crippen molar-refractivity contribution >= 4 is 11.9 Å². The van der Waals surface area contributed by atoms with Crippen molar-refractivity contribution in [1.29, 1.82) is 0 Å². The fourth-order valence-electron chi connectivity index (χ4n) is 0.813. The zero-order valence-electron chi connectivity index (χ0n) is 5.70. The van der Waals surface area contributed by atoms with Crippen LogP contribution >= 0.6 is 0 Å². The van der Waals surface area contributed by atoms with Gasteiger partial charge in [0, 0.05) is 6.54 Å². The molecule has 0 radical (unpaired) electrons. The van der Waals surface area contributed by atoms with Gasteiger partial charge in [0.2, 0.25) is 0 Å². The molecule has 0 aliphatic carbocycles. The molecule has 56 valence electrons. The molecule has 0 aromatic heterocycles. The number of likely N-dealkylation sites (N-methyl/N-ethyl adjacent to an activating group) is 1. The minimum absolute atomic E-state index is 0.117. The quantitative estimate of drug-likeness (QED) is 0.295. The van der Waals surface area contributed by atoms with Gasteiger partial charge in [-0.1, -0.05) is 0 Å². The van der Waals surface area contributed by atoms with Crippen molar-refractivity contribution in [3.63, 3.8) is 0 Å². The first kappa shape index (κ1) is 7.01. The number of hydrogen-bond donors (Lipinski definition) is 1. The lowest BCUT2D eigenvalue weighted by Crippen LogP contribution is -2.38. The van der Waals surface area contributed by atoms with Gasteiger partial charge in [0.15, 0.2) is 0 Å². The fourth-order valence-corrected chi connectivity index (χ4v) is 0.813. The third kappa shape index (κ3) is 0.841. The molecule has 0 bridgehead atoms. The van der Waals surface area contributed by atoms with E-state index in [0.717, 1.165) is 0 Å². The molecule has 1 aliphatic rings. The Hall–Kier alpha value is -1.10. The molecule has 3 amide bonds. The smallest absolute Gasteiger partial charge is 0.314 e. The number of imide groups is 1. The van der Waals surface area contributed by atoms with E-state index in [0.29, 0.717) is 11.6 Å². The van der Waals surface area contributed by atoms with Gasteiger partial charge in [-0.25, -0.2) is 10.6 Å². The van der Waals surface area contributed by atoms with Crippen LogP contribution in [0, 0.1) is 0 Å². The molecule has 0 saturated carbocycles. The highest BCUT2D eigenvalue weighted by Gasteiger charge is 2.32. The lowest BCUT2D eigenvalue weighted by Gasteiger charge is -2.09. The number of carbonyl (C=O) groups excluding carboxylic acids is 2. The Morgan fingerprint density at radius 2 is 2.20 bits per heavy atom. The summed E-state index contributed by atoms with van der Waals surface area (Å²) in [5, 5.41) is 0.642. The summed E-state index contributed by atoms with van der Waals surface area (Å²) in [4.78, 5) is 22.9. The van der Waals surface area contributed by atoms with Crippen LogP contribution in [0.1, 0.15) is 6.92 Å². The Balaban J connectivity index is 2.71. The van der Waals surface area contributed by atoms with Crippen LogP contribution in [-0.4, -0.2) is 34.9 Å². The first-order valence-electron chi connectivity index (χ1n) is 3.03. The highest BCUT2D eigenvalue weighted by Crippen LogP contribution is 2.03. The SMILES string of the molecule is CCN1CC(=O)N(N)C1=O.